The highest BCUT2D eigenvalue weighted by Gasteiger charge is 2.17. The zero-order chi connectivity index (χ0) is 17.1. The highest BCUT2D eigenvalue weighted by Crippen LogP contribution is 2.32. The second-order valence-electron chi connectivity index (χ2n) is 4.65. The molecule has 124 valence electrons. The van der Waals surface area contributed by atoms with E-state index in [9.17, 15) is 13.6 Å². The molecule has 0 atom stereocenters. The van der Waals surface area contributed by atoms with Crippen LogP contribution in [0, 0.1) is 0 Å². The lowest BCUT2D eigenvalue weighted by Crippen LogP contribution is -2.14. The standard InChI is InChI=1S/C16H12F2N2O3S/c1-22-11-7-4-8-12-13(11)19-16(24-12)20-14(21)9-5-2-3-6-10(9)23-15(17)18/h2-8,15H,1H3,(H,19,20,21). The van der Waals surface area contributed by atoms with Gasteiger partial charge in [-0.1, -0.05) is 29.5 Å². The van der Waals surface area contributed by atoms with Gasteiger partial charge in [0, 0.05) is 0 Å². The number of nitrogens with one attached hydrogen (secondary N) is 1. The molecule has 0 saturated carbocycles. The van der Waals surface area contributed by atoms with Gasteiger partial charge in [-0.25, -0.2) is 4.98 Å². The lowest BCUT2D eigenvalue weighted by atomic mass is 10.2. The molecule has 3 rings (SSSR count). The van der Waals surface area contributed by atoms with Crippen LogP contribution in [0.2, 0.25) is 0 Å². The summed E-state index contributed by atoms with van der Waals surface area (Å²) in [7, 11) is 1.53. The minimum Gasteiger partial charge on any atom is -0.494 e. The summed E-state index contributed by atoms with van der Waals surface area (Å²) in [5.41, 5.74) is 0.626. The Labute approximate surface area is 139 Å². The quantitative estimate of drug-likeness (QED) is 0.751. The van der Waals surface area contributed by atoms with E-state index >= 15 is 0 Å². The van der Waals surface area contributed by atoms with Gasteiger partial charge in [0.1, 0.15) is 17.0 Å². The monoisotopic (exact) mass is 350 g/mol. The number of hydrogen-bond donors (Lipinski definition) is 1. The van der Waals surface area contributed by atoms with Gasteiger partial charge in [0.2, 0.25) is 0 Å². The predicted octanol–water partition coefficient (Wildman–Crippen LogP) is 4.16. The van der Waals surface area contributed by atoms with Crippen LogP contribution in [0.15, 0.2) is 42.5 Å². The van der Waals surface area contributed by atoms with Gasteiger partial charge in [-0.3, -0.25) is 10.1 Å². The number of nitrogens with zero attached hydrogens (tertiary/aromatic N) is 1. The van der Waals surface area contributed by atoms with Gasteiger partial charge < -0.3 is 9.47 Å². The average Bonchev–Trinajstić information content (AvgIpc) is 2.96. The molecule has 24 heavy (non-hydrogen) atoms. The van der Waals surface area contributed by atoms with Crippen molar-refractivity contribution in [3.63, 3.8) is 0 Å². The summed E-state index contributed by atoms with van der Waals surface area (Å²) in [5, 5.41) is 2.94. The first-order valence-electron chi connectivity index (χ1n) is 6.87. The molecule has 0 unspecified atom stereocenters. The summed E-state index contributed by atoms with van der Waals surface area (Å²) in [6.07, 6.45) is 0. The van der Waals surface area contributed by atoms with Gasteiger partial charge in [-0.2, -0.15) is 8.78 Å². The number of thiazole rings is 1. The van der Waals surface area contributed by atoms with E-state index in [0.29, 0.717) is 16.4 Å². The maximum Gasteiger partial charge on any atom is 0.387 e. The third-order valence-corrected chi connectivity index (χ3v) is 4.11. The number of anilines is 1. The Morgan fingerprint density at radius 3 is 2.67 bits per heavy atom. The second kappa shape index (κ2) is 6.79. The summed E-state index contributed by atoms with van der Waals surface area (Å²) in [4.78, 5) is 16.7. The number of methoxy groups -OCH3 is 1. The molecular weight excluding hydrogens is 338 g/mol. The van der Waals surface area contributed by atoms with E-state index in [4.69, 9.17) is 4.74 Å². The van der Waals surface area contributed by atoms with E-state index in [2.05, 4.69) is 15.0 Å². The van der Waals surface area contributed by atoms with Crippen LogP contribution < -0.4 is 14.8 Å². The van der Waals surface area contributed by atoms with Gasteiger partial charge >= 0.3 is 6.61 Å². The SMILES string of the molecule is COc1cccc2sc(NC(=O)c3ccccc3OC(F)F)nc12. The number of fused-ring (bicyclic) bond motifs is 1. The number of para-hydroxylation sites is 2. The van der Waals surface area contributed by atoms with E-state index in [1.54, 1.807) is 12.1 Å². The van der Waals surface area contributed by atoms with E-state index in [-0.39, 0.29) is 11.3 Å². The van der Waals surface area contributed by atoms with Crippen molar-refractivity contribution in [1.29, 1.82) is 0 Å². The molecule has 0 radical (unpaired) electrons. The van der Waals surface area contributed by atoms with Crippen molar-refractivity contribution < 1.29 is 23.0 Å². The molecule has 3 aromatic rings. The van der Waals surface area contributed by atoms with Crippen LogP contribution in [0.25, 0.3) is 10.2 Å². The van der Waals surface area contributed by atoms with Crippen LogP contribution in [0.1, 0.15) is 10.4 Å². The number of carbonyl (C=O) groups is 1. The number of benzene rings is 2. The van der Waals surface area contributed by atoms with Gasteiger partial charge in [-0.15, -0.1) is 0 Å². The Morgan fingerprint density at radius 1 is 1.17 bits per heavy atom. The normalized spacial score (nSPS) is 10.8. The molecule has 0 saturated heterocycles. The first-order chi connectivity index (χ1) is 11.6. The van der Waals surface area contributed by atoms with Crippen LogP contribution in [0.3, 0.4) is 0 Å². The van der Waals surface area contributed by atoms with Crippen LogP contribution in [-0.4, -0.2) is 24.6 Å². The lowest BCUT2D eigenvalue weighted by Gasteiger charge is -2.09. The van der Waals surface area contributed by atoms with Crippen molar-refractivity contribution in [3.05, 3.63) is 48.0 Å². The first kappa shape index (κ1) is 16.1. The summed E-state index contributed by atoms with van der Waals surface area (Å²) in [6, 6.07) is 11.2. The van der Waals surface area contributed by atoms with Gasteiger partial charge in [0.25, 0.3) is 5.91 Å². The van der Waals surface area contributed by atoms with E-state index < -0.39 is 12.5 Å². The second-order valence-corrected chi connectivity index (χ2v) is 5.69. The van der Waals surface area contributed by atoms with Crippen LogP contribution in [-0.2, 0) is 0 Å². The maximum atomic E-state index is 12.4. The van der Waals surface area contributed by atoms with Gasteiger partial charge in [0.15, 0.2) is 5.13 Å². The Balaban J connectivity index is 1.88. The highest BCUT2D eigenvalue weighted by atomic mass is 32.1. The number of ether oxygens (including phenoxy) is 2. The predicted molar refractivity (Wildman–Crippen MR) is 87.2 cm³/mol. The molecule has 0 bridgehead atoms. The number of halogens is 2. The molecule has 5 nitrogen and oxygen atoms in total. The number of alkyl halides is 2. The largest absolute Gasteiger partial charge is 0.494 e. The molecule has 2 aromatic carbocycles. The van der Waals surface area contributed by atoms with Crippen molar-refractivity contribution in [2.45, 2.75) is 6.61 Å². The van der Waals surface area contributed by atoms with Crippen molar-refractivity contribution >= 4 is 32.6 Å². The fourth-order valence-corrected chi connectivity index (χ4v) is 3.04. The van der Waals surface area contributed by atoms with E-state index in [1.807, 2.05) is 12.1 Å². The van der Waals surface area contributed by atoms with Gasteiger partial charge in [0.05, 0.1) is 17.4 Å². The highest BCUT2D eigenvalue weighted by molar-refractivity contribution is 7.22. The number of carbonyl (C=O) groups excluding carboxylic acids is 1. The number of rotatable bonds is 5. The fourth-order valence-electron chi connectivity index (χ4n) is 2.16. The molecule has 1 aromatic heterocycles. The summed E-state index contributed by atoms with van der Waals surface area (Å²) >= 11 is 1.26. The first-order valence-corrected chi connectivity index (χ1v) is 7.69. The van der Waals surface area contributed by atoms with Crippen molar-refractivity contribution in [2.24, 2.45) is 0 Å². The lowest BCUT2D eigenvalue weighted by molar-refractivity contribution is -0.0501. The molecule has 0 aliphatic heterocycles. The minimum absolute atomic E-state index is 0.00372. The third-order valence-electron chi connectivity index (χ3n) is 3.17. The average molecular weight is 350 g/mol. The molecule has 0 aliphatic rings. The molecule has 0 fully saturated rings. The maximum absolute atomic E-state index is 12.4. The Bertz CT molecular complexity index is 883. The van der Waals surface area contributed by atoms with E-state index in [1.165, 1.54) is 36.6 Å². The molecule has 1 N–H and O–H groups in total. The molecule has 8 heteroatoms. The van der Waals surface area contributed by atoms with Crippen LogP contribution >= 0.6 is 11.3 Å². The topological polar surface area (TPSA) is 60.5 Å². The van der Waals surface area contributed by atoms with Crippen molar-refractivity contribution in [1.82, 2.24) is 4.98 Å². The number of hydrogen-bond acceptors (Lipinski definition) is 5. The Morgan fingerprint density at radius 2 is 1.92 bits per heavy atom. The molecule has 1 heterocycles. The van der Waals surface area contributed by atoms with Gasteiger partial charge in [-0.05, 0) is 24.3 Å². The third kappa shape index (κ3) is 3.28. The van der Waals surface area contributed by atoms with E-state index in [0.717, 1.165) is 4.70 Å². The fraction of sp³-hybridized carbons (Fsp3) is 0.125. The summed E-state index contributed by atoms with van der Waals surface area (Å²) in [5.74, 6) is -0.182. The minimum atomic E-state index is -3.01. The zero-order valence-electron chi connectivity index (χ0n) is 12.5. The van der Waals surface area contributed by atoms with Crippen molar-refractivity contribution in [3.8, 4) is 11.5 Å². The zero-order valence-corrected chi connectivity index (χ0v) is 13.3. The molecular formula is C16H12F2N2O3S. The smallest absolute Gasteiger partial charge is 0.387 e. The number of amides is 1. The van der Waals surface area contributed by atoms with Crippen LogP contribution in [0.5, 0.6) is 11.5 Å². The molecule has 1 amide bonds. The number of aromatic nitrogens is 1. The summed E-state index contributed by atoms with van der Waals surface area (Å²) < 4.78 is 35.3. The molecule has 0 spiro atoms. The Kier molecular flexibility index (Phi) is 4.57. The Hall–Kier alpha value is -2.74. The summed E-state index contributed by atoms with van der Waals surface area (Å²) in [6.45, 7) is -3.01. The molecule has 0 aliphatic carbocycles. The van der Waals surface area contributed by atoms with Crippen molar-refractivity contribution in [2.75, 3.05) is 12.4 Å². The van der Waals surface area contributed by atoms with Crippen LogP contribution in [0.4, 0.5) is 13.9 Å².